The second-order valence-corrected chi connectivity index (χ2v) is 8.89. The predicted octanol–water partition coefficient (Wildman–Crippen LogP) is 3.45. The standard InChI is InChI=1S/C19H20F3N5O2S/c1-26(2)30(28,29)12-10-23-16-8-7-15(13-3-5-14(20)6-4-13)24-18(16)17-9-11-27(25-17)19(21)22/h3-9,11,19,23H,10,12H2,1-2H3. The highest BCUT2D eigenvalue weighted by Gasteiger charge is 2.17. The second-order valence-electron chi connectivity index (χ2n) is 6.58. The van der Waals surface area contributed by atoms with Gasteiger partial charge in [-0.05, 0) is 42.5 Å². The van der Waals surface area contributed by atoms with Crippen LogP contribution < -0.4 is 5.32 Å². The normalized spacial score (nSPS) is 12.0. The molecule has 0 aliphatic heterocycles. The zero-order chi connectivity index (χ0) is 21.9. The summed E-state index contributed by atoms with van der Waals surface area (Å²) in [5, 5.41) is 6.84. The highest BCUT2D eigenvalue weighted by molar-refractivity contribution is 7.89. The molecular formula is C19H20F3N5O2S. The summed E-state index contributed by atoms with van der Waals surface area (Å²) < 4.78 is 64.7. The Bertz CT molecular complexity index is 1120. The van der Waals surface area contributed by atoms with Gasteiger partial charge in [-0.25, -0.2) is 26.8 Å². The van der Waals surface area contributed by atoms with Gasteiger partial charge in [0.25, 0.3) is 0 Å². The van der Waals surface area contributed by atoms with Gasteiger partial charge in [0.05, 0.1) is 17.1 Å². The summed E-state index contributed by atoms with van der Waals surface area (Å²) >= 11 is 0. The third-order valence-corrected chi connectivity index (χ3v) is 6.15. The summed E-state index contributed by atoms with van der Waals surface area (Å²) in [6, 6.07) is 10.4. The average molecular weight is 439 g/mol. The number of nitrogens with zero attached hydrogens (tertiary/aromatic N) is 4. The summed E-state index contributed by atoms with van der Waals surface area (Å²) in [6.45, 7) is -2.72. The smallest absolute Gasteiger partial charge is 0.333 e. The molecule has 0 spiro atoms. The van der Waals surface area contributed by atoms with Crippen LogP contribution in [0.5, 0.6) is 0 Å². The number of hydrogen-bond acceptors (Lipinski definition) is 5. The van der Waals surface area contributed by atoms with Gasteiger partial charge in [-0.3, -0.25) is 0 Å². The van der Waals surface area contributed by atoms with E-state index in [0.29, 0.717) is 21.6 Å². The molecule has 0 amide bonds. The van der Waals surface area contributed by atoms with E-state index in [0.717, 1.165) is 10.5 Å². The zero-order valence-electron chi connectivity index (χ0n) is 16.3. The number of benzene rings is 1. The van der Waals surface area contributed by atoms with Crippen molar-refractivity contribution in [2.24, 2.45) is 0 Å². The number of aromatic nitrogens is 3. The fourth-order valence-corrected chi connectivity index (χ4v) is 3.37. The molecule has 0 bridgehead atoms. The van der Waals surface area contributed by atoms with Crippen LogP contribution in [0.2, 0.25) is 0 Å². The lowest BCUT2D eigenvalue weighted by Gasteiger charge is -2.14. The molecule has 2 heterocycles. The van der Waals surface area contributed by atoms with Gasteiger partial charge in [0, 0.05) is 32.4 Å². The van der Waals surface area contributed by atoms with Gasteiger partial charge in [-0.15, -0.1) is 0 Å². The Balaban J connectivity index is 1.95. The summed E-state index contributed by atoms with van der Waals surface area (Å²) in [7, 11) is -0.530. The van der Waals surface area contributed by atoms with Crippen molar-refractivity contribution < 1.29 is 21.6 Å². The van der Waals surface area contributed by atoms with Crippen molar-refractivity contribution in [2.45, 2.75) is 6.55 Å². The predicted molar refractivity (Wildman–Crippen MR) is 108 cm³/mol. The largest absolute Gasteiger partial charge is 0.382 e. The van der Waals surface area contributed by atoms with Crippen molar-refractivity contribution in [1.29, 1.82) is 0 Å². The van der Waals surface area contributed by atoms with E-state index in [9.17, 15) is 21.6 Å². The Hall–Kier alpha value is -2.92. The summed E-state index contributed by atoms with van der Waals surface area (Å²) in [5.41, 5.74) is 2.03. The van der Waals surface area contributed by atoms with E-state index >= 15 is 0 Å². The summed E-state index contributed by atoms with van der Waals surface area (Å²) in [6.07, 6.45) is 1.13. The molecule has 160 valence electrons. The summed E-state index contributed by atoms with van der Waals surface area (Å²) in [4.78, 5) is 4.50. The van der Waals surface area contributed by atoms with Gasteiger partial charge >= 0.3 is 6.55 Å². The van der Waals surface area contributed by atoms with E-state index < -0.39 is 22.4 Å². The Kier molecular flexibility index (Phi) is 6.42. The first-order valence-electron chi connectivity index (χ1n) is 8.92. The number of pyridine rings is 1. The number of anilines is 1. The number of nitrogens with one attached hydrogen (secondary N) is 1. The van der Waals surface area contributed by atoms with Crippen LogP contribution in [0.15, 0.2) is 48.7 Å². The van der Waals surface area contributed by atoms with Crippen LogP contribution in [-0.4, -0.2) is 53.9 Å². The lowest BCUT2D eigenvalue weighted by atomic mass is 10.1. The van der Waals surface area contributed by atoms with E-state index in [1.165, 1.54) is 32.3 Å². The van der Waals surface area contributed by atoms with Crippen LogP contribution >= 0.6 is 0 Å². The molecule has 0 aliphatic carbocycles. The molecule has 1 N–H and O–H groups in total. The van der Waals surface area contributed by atoms with Crippen LogP contribution in [0.1, 0.15) is 6.55 Å². The molecule has 0 saturated heterocycles. The Labute approximate surface area is 172 Å². The molecule has 0 aliphatic rings. The van der Waals surface area contributed by atoms with Crippen molar-refractivity contribution in [3.05, 3.63) is 54.5 Å². The molecule has 0 radical (unpaired) electrons. The average Bonchev–Trinajstić information content (AvgIpc) is 3.19. The summed E-state index contributed by atoms with van der Waals surface area (Å²) in [5.74, 6) is -0.556. The molecule has 0 unspecified atom stereocenters. The van der Waals surface area contributed by atoms with Gasteiger partial charge in [0.1, 0.15) is 17.2 Å². The first kappa shape index (κ1) is 21.8. The lowest BCUT2D eigenvalue weighted by Crippen LogP contribution is -2.28. The van der Waals surface area contributed by atoms with E-state index in [1.807, 2.05) is 0 Å². The van der Waals surface area contributed by atoms with E-state index in [4.69, 9.17) is 0 Å². The van der Waals surface area contributed by atoms with Gasteiger partial charge in [-0.1, -0.05) is 0 Å². The number of alkyl halides is 2. The Morgan fingerprint density at radius 1 is 1.07 bits per heavy atom. The molecule has 0 atom stereocenters. The Morgan fingerprint density at radius 3 is 2.37 bits per heavy atom. The third kappa shape index (κ3) is 4.97. The van der Waals surface area contributed by atoms with Crippen molar-refractivity contribution in [1.82, 2.24) is 19.1 Å². The maximum absolute atomic E-state index is 13.2. The van der Waals surface area contributed by atoms with Crippen LogP contribution in [0, 0.1) is 5.82 Å². The van der Waals surface area contributed by atoms with Crippen molar-refractivity contribution >= 4 is 15.7 Å². The molecule has 1 aromatic carbocycles. The fraction of sp³-hybridized carbons (Fsp3) is 0.263. The highest BCUT2D eigenvalue weighted by atomic mass is 32.2. The van der Waals surface area contributed by atoms with Gasteiger partial charge in [0.15, 0.2) is 0 Å². The first-order chi connectivity index (χ1) is 14.2. The topological polar surface area (TPSA) is 80.1 Å². The van der Waals surface area contributed by atoms with Crippen molar-refractivity contribution in [3.63, 3.8) is 0 Å². The second kappa shape index (κ2) is 8.84. The zero-order valence-corrected chi connectivity index (χ0v) is 17.1. The molecule has 11 heteroatoms. The molecule has 2 aromatic heterocycles. The van der Waals surface area contributed by atoms with Gasteiger partial charge in [-0.2, -0.15) is 13.9 Å². The van der Waals surface area contributed by atoms with E-state index in [1.54, 1.807) is 24.3 Å². The van der Waals surface area contributed by atoms with Crippen molar-refractivity contribution in [2.75, 3.05) is 31.7 Å². The minimum Gasteiger partial charge on any atom is -0.382 e. The van der Waals surface area contributed by atoms with Crippen LogP contribution in [-0.2, 0) is 10.0 Å². The van der Waals surface area contributed by atoms with Crippen LogP contribution in [0.4, 0.5) is 18.9 Å². The minimum absolute atomic E-state index is 0.0840. The molecule has 30 heavy (non-hydrogen) atoms. The SMILES string of the molecule is CN(C)S(=O)(=O)CCNc1ccc(-c2ccc(F)cc2)nc1-c1ccn(C(F)F)n1. The maximum atomic E-state index is 13.2. The monoisotopic (exact) mass is 439 g/mol. The fourth-order valence-electron chi connectivity index (χ4n) is 2.65. The molecule has 0 fully saturated rings. The minimum atomic E-state index is -3.41. The quantitative estimate of drug-likeness (QED) is 0.582. The number of sulfonamides is 1. The molecule has 3 aromatic rings. The van der Waals surface area contributed by atoms with E-state index in [-0.39, 0.29) is 23.7 Å². The van der Waals surface area contributed by atoms with Crippen LogP contribution in [0.25, 0.3) is 22.6 Å². The highest BCUT2D eigenvalue weighted by Crippen LogP contribution is 2.29. The molecular weight excluding hydrogens is 419 g/mol. The number of hydrogen-bond donors (Lipinski definition) is 1. The van der Waals surface area contributed by atoms with E-state index in [2.05, 4.69) is 15.4 Å². The maximum Gasteiger partial charge on any atom is 0.333 e. The first-order valence-corrected chi connectivity index (χ1v) is 10.5. The molecule has 0 saturated carbocycles. The van der Waals surface area contributed by atoms with Gasteiger partial charge in [0.2, 0.25) is 10.0 Å². The number of halogens is 3. The Morgan fingerprint density at radius 2 is 1.77 bits per heavy atom. The third-order valence-electron chi connectivity index (χ3n) is 4.32. The molecule has 3 rings (SSSR count). The van der Waals surface area contributed by atoms with Crippen molar-refractivity contribution in [3.8, 4) is 22.6 Å². The molecule has 7 nitrogen and oxygen atoms in total. The lowest BCUT2D eigenvalue weighted by molar-refractivity contribution is 0.0568. The number of rotatable bonds is 8. The van der Waals surface area contributed by atoms with Crippen LogP contribution in [0.3, 0.4) is 0 Å². The van der Waals surface area contributed by atoms with Gasteiger partial charge < -0.3 is 5.32 Å².